The highest BCUT2D eigenvalue weighted by molar-refractivity contribution is 9.10. The zero-order valence-electron chi connectivity index (χ0n) is 15.5. The molecule has 2 aromatic carbocycles. The van der Waals surface area contributed by atoms with Crippen molar-refractivity contribution in [1.29, 1.82) is 0 Å². The number of nitrogens with zero attached hydrogens (tertiary/aromatic N) is 1. The van der Waals surface area contributed by atoms with Crippen LogP contribution >= 0.6 is 15.9 Å². The van der Waals surface area contributed by atoms with E-state index < -0.39 is 0 Å². The van der Waals surface area contributed by atoms with Gasteiger partial charge in [0.25, 0.3) is 0 Å². The number of hydrogen-bond donors (Lipinski definition) is 1. The van der Waals surface area contributed by atoms with E-state index in [-0.39, 0.29) is 30.4 Å². The number of halogens is 1. The summed E-state index contributed by atoms with van der Waals surface area (Å²) in [6, 6.07) is 12.2. The maximum atomic E-state index is 12.2. The zero-order chi connectivity index (χ0) is 20.1. The lowest BCUT2D eigenvalue weighted by Gasteiger charge is -2.19. The topological polar surface area (TPSA) is 75.7 Å². The molecule has 1 aliphatic heterocycles. The number of carbonyl (C=O) groups excluding carboxylic acids is 3. The molecule has 0 spiro atoms. The number of hydrogen-bond acceptors (Lipinski definition) is 4. The maximum absolute atomic E-state index is 12.2. The minimum Gasteiger partial charge on any atom is -0.494 e. The molecular weight excluding hydrogens is 424 g/mol. The lowest BCUT2D eigenvalue weighted by atomic mass is 10.1. The Labute approximate surface area is 172 Å². The Morgan fingerprint density at radius 3 is 2.54 bits per heavy atom. The summed E-state index contributed by atoms with van der Waals surface area (Å²) >= 11 is 3.33. The standard InChI is InChI=1S/C21H21BrN2O4/c1-28-19-13-16(8-9-17(19)24-12-2-3-21(24)27)23-20(26)11-10-18(25)14-4-6-15(22)7-5-14/h4-9,13H,2-3,10-12H2,1H3,(H,23,26). The quantitative estimate of drug-likeness (QED) is 0.649. The Bertz CT molecular complexity index is 896. The third-order valence-electron chi connectivity index (χ3n) is 4.57. The Hall–Kier alpha value is -2.67. The van der Waals surface area contributed by atoms with Gasteiger partial charge in [-0.15, -0.1) is 0 Å². The van der Waals surface area contributed by atoms with E-state index in [9.17, 15) is 14.4 Å². The fraction of sp³-hybridized carbons (Fsp3) is 0.286. The Balaban J connectivity index is 1.60. The van der Waals surface area contributed by atoms with Gasteiger partial charge in [-0.25, -0.2) is 0 Å². The van der Waals surface area contributed by atoms with Crippen molar-refractivity contribution in [1.82, 2.24) is 0 Å². The highest BCUT2D eigenvalue weighted by Gasteiger charge is 2.24. The van der Waals surface area contributed by atoms with Gasteiger partial charge in [-0.1, -0.05) is 28.1 Å². The van der Waals surface area contributed by atoms with E-state index >= 15 is 0 Å². The van der Waals surface area contributed by atoms with E-state index in [4.69, 9.17) is 4.74 Å². The van der Waals surface area contributed by atoms with Gasteiger partial charge in [-0.05, 0) is 30.7 Å². The van der Waals surface area contributed by atoms with Crippen LogP contribution in [0, 0.1) is 0 Å². The summed E-state index contributed by atoms with van der Waals surface area (Å²) < 4.78 is 6.29. The minimum atomic E-state index is -0.252. The summed E-state index contributed by atoms with van der Waals surface area (Å²) in [5.41, 5.74) is 1.85. The summed E-state index contributed by atoms with van der Waals surface area (Å²) in [6.45, 7) is 0.666. The van der Waals surface area contributed by atoms with Gasteiger partial charge in [0.15, 0.2) is 5.78 Å². The van der Waals surface area contributed by atoms with Crippen molar-refractivity contribution in [3.63, 3.8) is 0 Å². The van der Waals surface area contributed by atoms with Crippen LogP contribution in [0.25, 0.3) is 0 Å². The molecule has 3 rings (SSSR count). The molecule has 2 aromatic rings. The van der Waals surface area contributed by atoms with Gasteiger partial charge in [0.1, 0.15) is 5.75 Å². The van der Waals surface area contributed by atoms with E-state index in [0.29, 0.717) is 35.7 Å². The van der Waals surface area contributed by atoms with Crippen LogP contribution in [0.2, 0.25) is 0 Å². The van der Waals surface area contributed by atoms with Gasteiger partial charge in [0.2, 0.25) is 11.8 Å². The summed E-state index contributed by atoms with van der Waals surface area (Å²) in [5, 5.41) is 2.78. The lowest BCUT2D eigenvalue weighted by Crippen LogP contribution is -2.24. The van der Waals surface area contributed by atoms with Crippen LogP contribution < -0.4 is 15.0 Å². The minimum absolute atomic E-state index is 0.0709. The molecule has 1 aliphatic rings. The molecule has 28 heavy (non-hydrogen) atoms. The predicted octanol–water partition coefficient (Wildman–Crippen LogP) is 4.19. The normalized spacial score (nSPS) is 13.5. The second kappa shape index (κ2) is 9.01. The first-order chi connectivity index (χ1) is 13.5. The number of carbonyl (C=O) groups is 3. The van der Waals surface area contributed by atoms with E-state index in [0.717, 1.165) is 10.9 Å². The molecule has 1 N–H and O–H groups in total. The summed E-state index contributed by atoms with van der Waals surface area (Å²) in [6.07, 6.45) is 1.58. The molecule has 7 heteroatoms. The molecular formula is C21H21BrN2O4. The highest BCUT2D eigenvalue weighted by Crippen LogP contribution is 2.33. The van der Waals surface area contributed by atoms with Gasteiger partial charge in [-0.2, -0.15) is 0 Å². The van der Waals surface area contributed by atoms with E-state index in [2.05, 4.69) is 21.2 Å². The van der Waals surface area contributed by atoms with Crippen molar-refractivity contribution in [2.24, 2.45) is 0 Å². The number of ether oxygens (including phenoxy) is 1. The predicted molar refractivity (Wildman–Crippen MR) is 111 cm³/mol. The Kier molecular flexibility index (Phi) is 6.46. The van der Waals surface area contributed by atoms with Gasteiger partial charge in [-0.3, -0.25) is 14.4 Å². The van der Waals surface area contributed by atoms with Crippen LogP contribution in [0.3, 0.4) is 0 Å². The number of ketones is 1. The average Bonchev–Trinajstić information content (AvgIpc) is 3.12. The van der Waals surface area contributed by atoms with Crippen LogP contribution in [-0.4, -0.2) is 31.3 Å². The molecule has 0 unspecified atom stereocenters. The van der Waals surface area contributed by atoms with Gasteiger partial charge >= 0.3 is 0 Å². The fourth-order valence-corrected chi connectivity index (χ4v) is 3.38. The molecule has 1 heterocycles. The first-order valence-corrected chi connectivity index (χ1v) is 9.84. The van der Waals surface area contributed by atoms with Crippen molar-refractivity contribution >= 4 is 44.9 Å². The third-order valence-corrected chi connectivity index (χ3v) is 5.10. The Morgan fingerprint density at radius 1 is 1.14 bits per heavy atom. The van der Waals surface area contributed by atoms with Crippen molar-refractivity contribution in [2.45, 2.75) is 25.7 Å². The number of amides is 2. The van der Waals surface area contributed by atoms with E-state index in [1.807, 2.05) is 0 Å². The third kappa shape index (κ3) is 4.78. The lowest BCUT2D eigenvalue weighted by molar-refractivity contribution is -0.117. The molecule has 0 aromatic heterocycles. The fourth-order valence-electron chi connectivity index (χ4n) is 3.11. The summed E-state index contributed by atoms with van der Waals surface area (Å²) in [5.74, 6) is 0.265. The molecule has 1 fully saturated rings. The van der Waals surface area contributed by atoms with Crippen molar-refractivity contribution in [2.75, 3.05) is 23.9 Å². The molecule has 1 saturated heterocycles. The van der Waals surface area contributed by atoms with Crippen LogP contribution in [0.15, 0.2) is 46.9 Å². The van der Waals surface area contributed by atoms with Gasteiger partial charge in [0.05, 0.1) is 12.8 Å². The zero-order valence-corrected chi connectivity index (χ0v) is 17.1. The van der Waals surface area contributed by atoms with Crippen molar-refractivity contribution in [3.05, 3.63) is 52.5 Å². The Morgan fingerprint density at radius 2 is 1.89 bits per heavy atom. The maximum Gasteiger partial charge on any atom is 0.227 e. The van der Waals surface area contributed by atoms with Gasteiger partial charge < -0.3 is 15.0 Å². The molecule has 146 valence electrons. The SMILES string of the molecule is COc1cc(NC(=O)CCC(=O)c2ccc(Br)cc2)ccc1N1CCCC1=O. The number of benzene rings is 2. The highest BCUT2D eigenvalue weighted by atomic mass is 79.9. The van der Waals surface area contributed by atoms with Crippen LogP contribution in [-0.2, 0) is 9.59 Å². The summed E-state index contributed by atoms with van der Waals surface area (Å²) in [7, 11) is 1.53. The largest absolute Gasteiger partial charge is 0.494 e. The number of methoxy groups -OCH3 is 1. The molecule has 0 radical (unpaired) electrons. The van der Waals surface area contributed by atoms with E-state index in [1.165, 1.54) is 7.11 Å². The molecule has 0 atom stereocenters. The van der Waals surface area contributed by atoms with Gasteiger partial charge in [0, 0.05) is 47.6 Å². The summed E-state index contributed by atoms with van der Waals surface area (Å²) in [4.78, 5) is 38.1. The second-order valence-electron chi connectivity index (χ2n) is 6.51. The number of Topliss-reactive ketones (excluding diaryl/α,β-unsaturated/α-hetero) is 1. The molecule has 2 amide bonds. The number of anilines is 2. The molecule has 6 nitrogen and oxygen atoms in total. The molecule has 0 bridgehead atoms. The molecule has 0 aliphatic carbocycles. The van der Waals surface area contributed by atoms with Crippen molar-refractivity contribution < 1.29 is 19.1 Å². The van der Waals surface area contributed by atoms with E-state index in [1.54, 1.807) is 47.4 Å². The number of rotatable bonds is 7. The van der Waals surface area contributed by atoms with Crippen molar-refractivity contribution in [3.8, 4) is 5.75 Å². The monoisotopic (exact) mass is 444 g/mol. The average molecular weight is 445 g/mol. The smallest absolute Gasteiger partial charge is 0.227 e. The van der Waals surface area contributed by atoms with Crippen LogP contribution in [0.5, 0.6) is 5.75 Å². The molecule has 0 saturated carbocycles. The van der Waals surface area contributed by atoms with Crippen LogP contribution in [0.1, 0.15) is 36.0 Å². The van der Waals surface area contributed by atoms with Crippen LogP contribution in [0.4, 0.5) is 11.4 Å². The second-order valence-corrected chi connectivity index (χ2v) is 7.43. The first-order valence-electron chi connectivity index (χ1n) is 9.05. The number of nitrogens with one attached hydrogen (secondary N) is 1. The first kappa shape index (κ1) is 20.1.